The summed E-state index contributed by atoms with van der Waals surface area (Å²) < 4.78 is 5.18. The molecule has 0 fully saturated rings. The summed E-state index contributed by atoms with van der Waals surface area (Å²) in [5.74, 6) is 0. The van der Waals surface area contributed by atoms with Crippen molar-refractivity contribution in [3.63, 3.8) is 0 Å². The SMILES string of the molecule is CCCOOCCOCCOOCCC. The number of hydrogen-bond donors (Lipinski definition) is 0. The van der Waals surface area contributed by atoms with Gasteiger partial charge in [0, 0.05) is 0 Å². The Morgan fingerprint density at radius 3 is 1.33 bits per heavy atom. The number of hydrogen-bond acceptors (Lipinski definition) is 5. The van der Waals surface area contributed by atoms with Crippen molar-refractivity contribution in [3.8, 4) is 0 Å². The molecule has 0 radical (unpaired) electrons. The molecule has 0 N–H and O–H groups in total. The van der Waals surface area contributed by atoms with Gasteiger partial charge < -0.3 is 4.74 Å². The highest BCUT2D eigenvalue weighted by Gasteiger charge is 1.91. The Morgan fingerprint density at radius 2 is 0.933 bits per heavy atom. The van der Waals surface area contributed by atoms with Gasteiger partial charge in [-0.15, -0.1) is 0 Å². The molecule has 0 heterocycles. The van der Waals surface area contributed by atoms with Gasteiger partial charge in [-0.3, -0.25) is 0 Å². The first kappa shape index (κ1) is 14.8. The highest BCUT2D eigenvalue weighted by molar-refractivity contribution is 4.27. The van der Waals surface area contributed by atoms with E-state index >= 15 is 0 Å². The van der Waals surface area contributed by atoms with Crippen molar-refractivity contribution in [1.29, 1.82) is 0 Å². The molecule has 0 aromatic heterocycles. The van der Waals surface area contributed by atoms with Crippen LogP contribution in [0.5, 0.6) is 0 Å². The minimum atomic E-state index is 0.440. The van der Waals surface area contributed by atoms with Crippen LogP contribution >= 0.6 is 0 Å². The van der Waals surface area contributed by atoms with Gasteiger partial charge >= 0.3 is 0 Å². The predicted octanol–water partition coefficient (Wildman–Crippen LogP) is 1.72. The Balaban J connectivity index is 2.81. The molecular weight excluding hydrogens is 200 g/mol. The monoisotopic (exact) mass is 222 g/mol. The van der Waals surface area contributed by atoms with Crippen LogP contribution in [0.2, 0.25) is 0 Å². The van der Waals surface area contributed by atoms with Crippen molar-refractivity contribution >= 4 is 0 Å². The van der Waals surface area contributed by atoms with E-state index in [4.69, 9.17) is 24.3 Å². The molecule has 0 bridgehead atoms. The molecule has 0 saturated carbocycles. The van der Waals surface area contributed by atoms with Gasteiger partial charge in [0.1, 0.15) is 13.2 Å². The molecule has 0 aromatic carbocycles. The van der Waals surface area contributed by atoms with Gasteiger partial charge in [0.15, 0.2) is 0 Å². The van der Waals surface area contributed by atoms with Gasteiger partial charge in [-0.2, -0.15) is 0 Å². The van der Waals surface area contributed by atoms with E-state index in [1.165, 1.54) is 0 Å². The summed E-state index contributed by atoms with van der Waals surface area (Å²) in [6.45, 7) is 7.16. The fraction of sp³-hybridized carbons (Fsp3) is 1.00. The molecule has 0 aliphatic carbocycles. The topological polar surface area (TPSA) is 46.2 Å². The third kappa shape index (κ3) is 13.8. The quantitative estimate of drug-likeness (QED) is 0.286. The molecule has 0 amide bonds. The van der Waals surface area contributed by atoms with Crippen LogP contribution < -0.4 is 0 Å². The molecule has 0 aliphatic heterocycles. The largest absolute Gasteiger partial charge is 0.376 e. The lowest BCUT2D eigenvalue weighted by molar-refractivity contribution is -0.307. The fourth-order valence-corrected chi connectivity index (χ4v) is 0.690. The van der Waals surface area contributed by atoms with E-state index in [0.717, 1.165) is 12.8 Å². The van der Waals surface area contributed by atoms with E-state index < -0.39 is 0 Å². The predicted molar refractivity (Wildman–Crippen MR) is 55.2 cm³/mol. The summed E-state index contributed by atoms with van der Waals surface area (Å²) in [5.41, 5.74) is 0. The summed E-state index contributed by atoms with van der Waals surface area (Å²) in [6, 6.07) is 0. The maximum Gasteiger partial charge on any atom is 0.106 e. The van der Waals surface area contributed by atoms with Gasteiger partial charge in [-0.1, -0.05) is 13.8 Å². The molecular formula is C10H22O5. The summed E-state index contributed by atoms with van der Waals surface area (Å²) in [6.07, 6.45) is 1.90. The number of rotatable bonds is 12. The third-order valence-corrected chi connectivity index (χ3v) is 1.36. The van der Waals surface area contributed by atoms with Gasteiger partial charge in [0.25, 0.3) is 0 Å². The van der Waals surface area contributed by atoms with Crippen molar-refractivity contribution in [3.05, 3.63) is 0 Å². The van der Waals surface area contributed by atoms with Gasteiger partial charge in [-0.05, 0) is 12.8 Å². The highest BCUT2D eigenvalue weighted by atomic mass is 17.2. The normalized spacial score (nSPS) is 10.8. The first-order chi connectivity index (χ1) is 7.41. The second-order valence-electron chi connectivity index (χ2n) is 2.90. The van der Waals surface area contributed by atoms with Crippen molar-refractivity contribution in [2.75, 3.05) is 39.6 Å². The first-order valence-electron chi connectivity index (χ1n) is 5.48. The number of ether oxygens (including phenoxy) is 1. The van der Waals surface area contributed by atoms with Crippen LogP contribution in [0.3, 0.4) is 0 Å². The summed E-state index contributed by atoms with van der Waals surface area (Å²) in [7, 11) is 0. The second kappa shape index (κ2) is 13.8. The Labute approximate surface area is 91.5 Å². The Hall–Kier alpha value is -0.200. The van der Waals surface area contributed by atoms with Crippen molar-refractivity contribution < 1.29 is 24.3 Å². The van der Waals surface area contributed by atoms with Crippen LogP contribution in [0.4, 0.5) is 0 Å². The Bertz CT molecular complexity index is 98.0. The zero-order chi connectivity index (χ0) is 11.2. The van der Waals surface area contributed by atoms with Crippen LogP contribution in [0.1, 0.15) is 26.7 Å². The summed E-state index contributed by atoms with van der Waals surface area (Å²) >= 11 is 0. The first-order valence-corrected chi connectivity index (χ1v) is 5.48. The lowest BCUT2D eigenvalue weighted by atomic mass is 10.5. The molecule has 0 aromatic rings. The molecule has 5 nitrogen and oxygen atoms in total. The maximum absolute atomic E-state index is 5.18. The van der Waals surface area contributed by atoms with Crippen LogP contribution in [-0.4, -0.2) is 39.6 Å². The third-order valence-electron chi connectivity index (χ3n) is 1.36. The van der Waals surface area contributed by atoms with E-state index in [0.29, 0.717) is 39.6 Å². The maximum atomic E-state index is 5.18. The molecule has 0 unspecified atom stereocenters. The van der Waals surface area contributed by atoms with E-state index in [1.54, 1.807) is 0 Å². The van der Waals surface area contributed by atoms with E-state index in [-0.39, 0.29) is 0 Å². The van der Waals surface area contributed by atoms with Crippen molar-refractivity contribution in [2.45, 2.75) is 26.7 Å². The van der Waals surface area contributed by atoms with Crippen LogP contribution in [0.15, 0.2) is 0 Å². The minimum Gasteiger partial charge on any atom is -0.376 e. The minimum absolute atomic E-state index is 0.440. The summed E-state index contributed by atoms with van der Waals surface area (Å²) in [4.78, 5) is 19.3. The lowest BCUT2D eigenvalue weighted by Crippen LogP contribution is -2.10. The molecule has 5 heteroatoms. The van der Waals surface area contributed by atoms with Gasteiger partial charge in [0.2, 0.25) is 0 Å². The van der Waals surface area contributed by atoms with E-state index in [1.807, 2.05) is 13.8 Å². The molecule has 0 spiro atoms. The van der Waals surface area contributed by atoms with Crippen LogP contribution in [0.25, 0.3) is 0 Å². The van der Waals surface area contributed by atoms with E-state index in [9.17, 15) is 0 Å². The smallest absolute Gasteiger partial charge is 0.106 e. The van der Waals surface area contributed by atoms with E-state index in [2.05, 4.69) is 0 Å². The van der Waals surface area contributed by atoms with Gasteiger partial charge in [-0.25, -0.2) is 19.6 Å². The molecule has 92 valence electrons. The zero-order valence-electron chi connectivity index (χ0n) is 9.70. The second-order valence-corrected chi connectivity index (χ2v) is 2.90. The Morgan fingerprint density at radius 1 is 0.533 bits per heavy atom. The standard InChI is InChI=1S/C10H22O5/c1-3-5-12-14-9-7-11-8-10-15-13-6-4-2/h3-10H2,1-2H3. The average molecular weight is 222 g/mol. The van der Waals surface area contributed by atoms with Crippen LogP contribution in [0, 0.1) is 0 Å². The van der Waals surface area contributed by atoms with Gasteiger partial charge in [0.05, 0.1) is 26.4 Å². The van der Waals surface area contributed by atoms with Crippen LogP contribution in [-0.2, 0) is 24.3 Å². The van der Waals surface area contributed by atoms with Crippen molar-refractivity contribution in [2.24, 2.45) is 0 Å². The lowest BCUT2D eigenvalue weighted by Gasteiger charge is -2.05. The molecule has 0 aliphatic rings. The molecule has 15 heavy (non-hydrogen) atoms. The molecule has 0 saturated heterocycles. The summed E-state index contributed by atoms with van der Waals surface area (Å²) in [5, 5.41) is 0. The molecule has 0 rings (SSSR count). The van der Waals surface area contributed by atoms with Crippen molar-refractivity contribution in [1.82, 2.24) is 0 Å². The highest BCUT2D eigenvalue weighted by Crippen LogP contribution is 1.86. The zero-order valence-corrected chi connectivity index (χ0v) is 9.70. The molecule has 0 atom stereocenters. The average Bonchev–Trinajstić information content (AvgIpc) is 2.26. The Kier molecular flexibility index (Phi) is 13.6. The fourth-order valence-electron chi connectivity index (χ4n) is 0.690.